The number of pyridine rings is 2. The molecule has 0 aliphatic heterocycles. The fourth-order valence-electron chi connectivity index (χ4n) is 8.43. The molecule has 0 saturated carbocycles. The van der Waals surface area contributed by atoms with E-state index in [1.165, 1.54) is 32.9 Å². The van der Waals surface area contributed by atoms with Crippen molar-refractivity contribution in [2.24, 2.45) is 0 Å². The van der Waals surface area contributed by atoms with Gasteiger partial charge < -0.3 is 4.57 Å². The molecular formula is C52H34N4. The summed E-state index contributed by atoms with van der Waals surface area (Å²) in [6, 6.07) is 71.2. The van der Waals surface area contributed by atoms with Gasteiger partial charge in [0.25, 0.3) is 0 Å². The number of hydrogen-bond donors (Lipinski definition) is 0. The van der Waals surface area contributed by atoms with Gasteiger partial charge in [-0.2, -0.15) is 0 Å². The highest BCUT2D eigenvalue weighted by Crippen LogP contribution is 2.41. The normalized spacial score (nSPS) is 11.6. The molecule has 0 aliphatic carbocycles. The summed E-state index contributed by atoms with van der Waals surface area (Å²) < 4.78 is 4.67. The molecule has 0 bridgehead atoms. The number of fused-ring (bicyclic) bond motifs is 6. The lowest BCUT2D eigenvalue weighted by Crippen LogP contribution is -1.97. The Labute approximate surface area is 324 Å². The fourth-order valence-corrected chi connectivity index (χ4v) is 8.43. The van der Waals surface area contributed by atoms with Gasteiger partial charge in [-0.3, -0.25) is 4.57 Å². The second-order valence-electron chi connectivity index (χ2n) is 14.2. The Kier molecular flexibility index (Phi) is 7.46. The molecule has 0 radical (unpaired) electrons. The first-order chi connectivity index (χ1) is 27.8. The van der Waals surface area contributed by atoms with Crippen LogP contribution in [0.3, 0.4) is 0 Å². The maximum absolute atomic E-state index is 5.23. The van der Waals surface area contributed by atoms with E-state index in [0.717, 1.165) is 67.0 Å². The van der Waals surface area contributed by atoms with E-state index in [4.69, 9.17) is 9.97 Å². The van der Waals surface area contributed by atoms with Crippen molar-refractivity contribution in [3.8, 4) is 56.1 Å². The second kappa shape index (κ2) is 13.1. The zero-order chi connectivity index (χ0) is 37.0. The summed E-state index contributed by atoms with van der Waals surface area (Å²) in [5.74, 6) is 0. The van der Waals surface area contributed by atoms with E-state index >= 15 is 0 Å². The number of rotatable bonds is 6. The van der Waals surface area contributed by atoms with Gasteiger partial charge in [0.15, 0.2) is 0 Å². The Bertz CT molecular complexity index is 3170. The SMILES string of the molecule is c1ccc(-c2cc(-c3ccccc3)nc(-c3cccc(-n4c5ccc(-c6cccc7c6c6ccccc6n7-c6ccccc6)cc5c5cccnc54)c3)c2)cc1. The third-order valence-corrected chi connectivity index (χ3v) is 11.0. The molecule has 11 aromatic rings. The van der Waals surface area contributed by atoms with E-state index < -0.39 is 0 Å². The monoisotopic (exact) mass is 714 g/mol. The Morgan fingerprint density at radius 1 is 0.339 bits per heavy atom. The first-order valence-electron chi connectivity index (χ1n) is 19.0. The average molecular weight is 715 g/mol. The van der Waals surface area contributed by atoms with Gasteiger partial charge in [0, 0.05) is 50.2 Å². The molecule has 4 nitrogen and oxygen atoms in total. The largest absolute Gasteiger partial charge is 0.309 e. The van der Waals surface area contributed by atoms with Gasteiger partial charge in [0.2, 0.25) is 0 Å². The third-order valence-electron chi connectivity index (χ3n) is 11.0. The third kappa shape index (κ3) is 5.23. The summed E-state index contributed by atoms with van der Waals surface area (Å²) in [5, 5.41) is 4.77. The molecule has 7 aromatic carbocycles. The maximum Gasteiger partial charge on any atom is 0.145 e. The van der Waals surface area contributed by atoms with Crippen molar-refractivity contribution in [2.45, 2.75) is 0 Å². The standard InChI is InChI=1S/C52H34N4/c1-4-15-35(16-5-1)39-33-46(36-17-6-2-7-18-36)54-47(34-39)38-19-12-22-41(31-38)56-49-29-28-37(32-45(49)43-25-14-30-53-52(43)56)42-24-13-27-50-51(42)44-23-10-11-26-48(44)55(50)40-20-8-3-9-21-40/h1-34H. The minimum atomic E-state index is 0.922. The van der Waals surface area contributed by atoms with Crippen molar-refractivity contribution in [1.82, 2.24) is 19.1 Å². The minimum absolute atomic E-state index is 0.922. The maximum atomic E-state index is 5.23. The lowest BCUT2D eigenvalue weighted by atomic mass is 9.98. The lowest BCUT2D eigenvalue weighted by molar-refractivity contribution is 1.13. The Hall–Kier alpha value is -7.56. The van der Waals surface area contributed by atoms with E-state index in [2.05, 4.69) is 197 Å². The Morgan fingerprint density at radius 2 is 0.964 bits per heavy atom. The topological polar surface area (TPSA) is 35.6 Å². The summed E-state index contributed by atoms with van der Waals surface area (Å²) in [7, 11) is 0. The number of para-hydroxylation sites is 2. The van der Waals surface area contributed by atoms with Crippen molar-refractivity contribution in [2.75, 3.05) is 0 Å². The molecular weight excluding hydrogens is 681 g/mol. The van der Waals surface area contributed by atoms with Gasteiger partial charge in [0.05, 0.1) is 27.9 Å². The molecule has 0 saturated heterocycles. The van der Waals surface area contributed by atoms with Gasteiger partial charge in [-0.25, -0.2) is 9.97 Å². The minimum Gasteiger partial charge on any atom is -0.309 e. The summed E-state index contributed by atoms with van der Waals surface area (Å²) in [6.45, 7) is 0. The van der Waals surface area contributed by atoms with E-state index in [9.17, 15) is 0 Å². The molecule has 0 atom stereocenters. The number of benzene rings is 7. The smallest absolute Gasteiger partial charge is 0.145 e. The highest BCUT2D eigenvalue weighted by Gasteiger charge is 2.19. The average Bonchev–Trinajstić information content (AvgIpc) is 3.80. The lowest BCUT2D eigenvalue weighted by Gasteiger charge is -2.13. The zero-order valence-electron chi connectivity index (χ0n) is 30.4. The molecule has 4 heterocycles. The van der Waals surface area contributed by atoms with Crippen molar-refractivity contribution in [3.63, 3.8) is 0 Å². The summed E-state index contributed by atoms with van der Waals surface area (Å²) in [6.07, 6.45) is 1.89. The van der Waals surface area contributed by atoms with E-state index in [-0.39, 0.29) is 0 Å². The van der Waals surface area contributed by atoms with Crippen LogP contribution in [0.5, 0.6) is 0 Å². The predicted molar refractivity (Wildman–Crippen MR) is 232 cm³/mol. The zero-order valence-corrected chi connectivity index (χ0v) is 30.4. The molecule has 0 amide bonds. The van der Waals surface area contributed by atoms with Crippen molar-refractivity contribution < 1.29 is 0 Å². The van der Waals surface area contributed by atoms with Crippen molar-refractivity contribution in [3.05, 3.63) is 206 Å². The van der Waals surface area contributed by atoms with Gasteiger partial charge in [-0.1, -0.05) is 127 Å². The molecule has 4 aromatic heterocycles. The first-order valence-corrected chi connectivity index (χ1v) is 19.0. The van der Waals surface area contributed by atoms with Crippen LogP contribution in [0.1, 0.15) is 0 Å². The molecule has 262 valence electrons. The van der Waals surface area contributed by atoms with Crippen molar-refractivity contribution >= 4 is 43.7 Å². The molecule has 0 N–H and O–H groups in total. The van der Waals surface area contributed by atoms with Gasteiger partial charge >= 0.3 is 0 Å². The predicted octanol–water partition coefficient (Wildman–Crippen LogP) is 13.3. The van der Waals surface area contributed by atoms with E-state index in [1.807, 2.05) is 18.3 Å². The quantitative estimate of drug-likeness (QED) is 0.172. The Balaban J connectivity index is 1.08. The van der Waals surface area contributed by atoms with Gasteiger partial charge in [0.1, 0.15) is 5.65 Å². The van der Waals surface area contributed by atoms with Crippen LogP contribution in [-0.4, -0.2) is 19.1 Å². The van der Waals surface area contributed by atoms with Crippen molar-refractivity contribution in [1.29, 1.82) is 0 Å². The summed E-state index contributed by atoms with van der Waals surface area (Å²) >= 11 is 0. The highest BCUT2D eigenvalue weighted by molar-refractivity contribution is 6.17. The van der Waals surface area contributed by atoms with Gasteiger partial charge in [-0.15, -0.1) is 0 Å². The summed E-state index contributed by atoms with van der Waals surface area (Å²) in [4.78, 5) is 10.2. The van der Waals surface area contributed by atoms with Gasteiger partial charge in [-0.05, 0) is 95.1 Å². The molecule has 0 unspecified atom stereocenters. The van der Waals surface area contributed by atoms with Crippen LogP contribution in [0.15, 0.2) is 206 Å². The van der Waals surface area contributed by atoms with Crippen LogP contribution >= 0.6 is 0 Å². The molecule has 0 spiro atoms. The van der Waals surface area contributed by atoms with Crippen LogP contribution < -0.4 is 0 Å². The fraction of sp³-hybridized carbons (Fsp3) is 0. The van der Waals surface area contributed by atoms with E-state index in [0.29, 0.717) is 0 Å². The number of nitrogens with zero attached hydrogens (tertiary/aromatic N) is 4. The van der Waals surface area contributed by atoms with Crippen LogP contribution in [0.4, 0.5) is 0 Å². The van der Waals surface area contributed by atoms with Crippen LogP contribution in [-0.2, 0) is 0 Å². The molecule has 4 heteroatoms. The van der Waals surface area contributed by atoms with Crippen LogP contribution in [0.2, 0.25) is 0 Å². The second-order valence-corrected chi connectivity index (χ2v) is 14.2. The molecule has 0 fully saturated rings. The first kappa shape index (κ1) is 31.9. The Morgan fingerprint density at radius 3 is 1.79 bits per heavy atom. The summed E-state index contributed by atoms with van der Waals surface area (Å²) in [5.41, 5.74) is 15.3. The number of aromatic nitrogens is 4. The van der Waals surface area contributed by atoms with Crippen LogP contribution in [0, 0.1) is 0 Å². The molecule has 11 rings (SSSR count). The molecule has 0 aliphatic rings. The van der Waals surface area contributed by atoms with E-state index in [1.54, 1.807) is 0 Å². The van der Waals surface area contributed by atoms with Crippen LogP contribution in [0.25, 0.3) is 99.9 Å². The highest BCUT2D eigenvalue weighted by atomic mass is 15.0. The molecule has 56 heavy (non-hydrogen) atoms. The number of hydrogen-bond acceptors (Lipinski definition) is 2.